The predicted molar refractivity (Wildman–Crippen MR) is 113 cm³/mol. The molecule has 2 aromatic heterocycles. The topological polar surface area (TPSA) is 62.2 Å². The van der Waals surface area contributed by atoms with Crippen LogP contribution < -0.4 is 10.6 Å². The summed E-state index contributed by atoms with van der Waals surface area (Å²) in [5.41, 5.74) is 2.72. The summed E-state index contributed by atoms with van der Waals surface area (Å²) >= 11 is 5.59. The van der Waals surface area contributed by atoms with Crippen LogP contribution >= 0.6 is 12.2 Å². The average molecular weight is 392 g/mol. The summed E-state index contributed by atoms with van der Waals surface area (Å²) in [6, 6.07) is 19.0. The molecule has 0 spiro atoms. The Hall–Kier alpha value is -3.19. The van der Waals surface area contributed by atoms with Crippen molar-refractivity contribution in [2.75, 3.05) is 11.9 Å². The van der Waals surface area contributed by atoms with Gasteiger partial charge in [0.1, 0.15) is 6.54 Å². The normalized spacial score (nSPS) is 18.8. The van der Waals surface area contributed by atoms with Gasteiger partial charge in [0.05, 0.1) is 17.8 Å². The van der Waals surface area contributed by atoms with Gasteiger partial charge in [0, 0.05) is 30.8 Å². The Morgan fingerprint density at radius 1 is 1.14 bits per heavy atom. The molecule has 28 heavy (non-hydrogen) atoms. The molecule has 1 fully saturated rings. The Labute approximate surface area is 169 Å². The summed E-state index contributed by atoms with van der Waals surface area (Å²) in [7, 11) is 1.99. The minimum absolute atomic E-state index is 0.115. The molecule has 0 saturated carbocycles. The van der Waals surface area contributed by atoms with Gasteiger partial charge < -0.3 is 20.1 Å². The maximum absolute atomic E-state index is 12.7. The number of carbonyl (C=O) groups excluding carboxylic acids is 1. The Balaban J connectivity index is 1.62. The van der Waals surface area contributed by atoms with Gasteiger partial charge in [-0.1, -0.05) is 24.3 Å². The highest BCUT2D eigenvalue weighted by atomic mass is 32.1. The van der Waals surface area contributed by atoms with Crippen LogP contribution in [0.5, 0.6) is 0 Å². The van der Waals surface area contributed by atoms with Gasteiger partial charge in [-0.15, -0.1) is 0 Å². The molecule has 0 unspecified atom stereocenters. The Morgan fingerprint density at radius 2 is 1.93 bits per heavy atom. The third-order valence-electron chi connectivity index (χ3n) is 4.86. The third-order valence-corrected chi connectivity index (χ3v) is 5.21. The number of thiocarbonyl (C=S) groups is 1. The van der Waals surface area contributed by atoms with Crippen molar-refractivity contribution in [3.63, 3.8) is 0 Å². The van der Waals surface area contributed by atoms with Crippen molar-refractivity contribution >= 4 is 28.9 Å². The average Bonchev–Trinajstić information content (AvgIpc) is 3.26. The number of aryl methyl sites for hydroxylation is 1. The zero-order chi connectivity index (χ0) is 19.5. The number of hydrogen-bond acceptors (Lipinski definition) is 3. The molecule has 0 radical (unpaired) electrons. The van der Waals surface area contributed by atoms with E-state index in [1.165, 1.54) is 0 Å². The first-order valence-electron chi connectivity index (χ1n) is 9.07. The molecule has 1 saturated heterocycles. The van der Waals surface area contributed by atoms with Crippen LogP contribution in [0.1, 0.15) is 23.5 Å². The molecule has 1 aromatic carbocycles. The lowest BCUT2D eigenvalue weighted by molar-refractivity contribution is -0.116. The van der Waals surface area contributed by atoms with E-state index in [1.54, 1.807) is 6.20 Å². The van der Waals surface area contributed by atoms with E-state index in [4.69, 9.17) is 12.2 Å². The molecule has 0 aliphatic carbocycles. The van der Waals surface area contributed by atoms with Gasteiger partial charge in [0.25, 0.3) is 0 Å². The number of para-hydroxylation sites is 1. The van der Waals surface area contributed by atoms with Crippen LogP contribution in [0.4, 0.5) is 5.69 Å². The van der Waals surface area contributed by atoms with E-state index in [0.29, 0.717) is 5.11 Å². The fourth-order valence-electron chi connectivity index (χ4n) is 3.56. The minimum atomic E-state index is -0.135. The molecule has 1 aliphatic heterocycles. The van der Waals surface area contributed by atoms with Gasteiger partial charge in [0.2, 0.25) is 5.91 Å². The first-order valence-corrected chi connectivity index (χ1v) is 9.48. The van der Waals surface area contributed by atoms with Gasteiger partial charge in [-0.05, 0) is 48.6 Å². The third kappa shape index (κ3) is 3.61. The molecule has 3 aromatic rings. The second-order valence-corrected chi connectivity index (χ2v) is 7.10. The van der Waals surface area contributed by atoms with E-state index in [2.05, 4.69) is 26.3 Å². The Bertz CT molecular complexity index is 973. The van der Waals surface area contributed by atoms with Crippen molar-refractivity contribution < 1.29 is 4.79 Å². The monoisotopic (exact) mass is 391 g/mol. The summed E-state index contributed by atoms with van der Waals surface area (Å²) in [6.45, 7) is 0.153. The molecular formula is C21H21N5OS. The molecule has 7 heteroatoms. The van der Waals surface area contributed by atoms with Crippen molar-refractivity contribution in [3.8, 4) is 0 Å². The summed E-state index contributed by atoms with van der Waals surface area (Å²) in [4.78, 5) is 19.1. The number of aromatic nitrogens is 2. The van der Waals surface area contributed by atoms with Crippen LogP contribution in [0.15, 0.2) is 73.1 Å². The lowest BCUT2D eigenvalue weighted by Crippen LogP contribution is -2.37. The molecule has 4 rings (SSSR count). The van der Waals surface area contributed by atoms with Gasteiger partial charge >= 0.3 is 0 Å². The summed E-state index contributed by atoms with van der Waals surface area (Å²) in [6.07, 6.45) is 3.77. The number of carbonyl (C=O) groups is 1. The van der Waals surface area contributed by atoms with Gasteiger partial charge in [-0.2, -0.15) is 0 Å². The lowest BCUT2D eigenvalue weighted by Gasteiger charge is -2.27. The number of rotatable bonds is 5. The van der Waals surface area contributed by atoms with E-state index >= 15 is 0 Å². The van der Waals surface area contributed by atoms with E-state index < -0.39 is 0 Å². The number of pyridine rings is 1. The number of benzene rings is 1. The molecule has 6 nitrogen and oxygen atoms in total. The predicted octanol–water partition coefficient (Wildman–Crippen LogP) is 3.03. The Kier molecular flexibility index (Phi) is 5.08. The number of hydrogen-bond donors (Lipinski definition) is 2. The van der Waals surface area contributed by atoms with Crippen molar-refractivity contribution in [2.45, 2.75) is 12.1 Å². The highest BCUT2D eigenvalue weighted by Gasteiger charge is 2.41. The van der Waals surface area contributed by atoms with E-state index in [9.17, 15) is 4.79 Å². The number of anilines is 1. The van der Waals surface area contributed by atoms with Crippen molar-refractivity contribution in [1.29, 1.82) is 0 Å². The zero-order valence-electron chi connectivity index (χ0n) is 15.4. The molecule has 142 valence electrons. The smallest absolute Gasteiger partial charge is 0.244 e. The van der Waals surface area contributed by atoms with Crippen LogP contribution in [-0.4, -0.2) is 32.0 Å². The first-order chi connectivity index (χ1) is 13.6. The molecule has 2 atom stereocenters. The second-order valence-electron chi connectivity index (χ2n) is 6.71. The molecule has 3 heterocycles. The second kappa shape index (κ2) is 7.82. The summed E-state index contributed by atoms with van der Waals surface area (Å²) < 4.78 is 2.05. The van der Waals surface area contributed by atoms with Crippen molar-refractivity contribution in [3.05, 3.63) is 84.4 Å². The van der Waals surface area contributed by atoms with Crippen molar-refractivity contribution in [2.24, 2.45) is 7.05 Å². The largest absolute Gasteiger partial charge is 0.353 e. The summed E-state index contributed by atoms with van der Waals surface area (Å²) in [5.74, 6) is -0.115. The lowest BCUT2D eigenvalue weighted by atomic mass is 10.0. The fourth-order valence-corrected chi connectivity index (χ4v) is 3.86. The van der Waals surface area contributed by atoms with Crippen LogP contribution in [0.25, 0.3) is 0 Å². The van der Waals surface area contributed by atoms with Crippen LogP contribution in [0.3, 0.4) is 0 Å². The number of nitrogens with one attached hydrogen (secondary N) is 2. The minimum Gasteiger partial charge on any atom is -0.353 e. The SMILES string of the molecule is Cn1cccc1[C@H]1[C@@H](c2ccccn2)NC(=S)N1CC(=O)Nc1ccccc1. The quantitative estimate of drug-likeness (QED) is 0.655. The van der Waals surface area contributed by atoms with E-state index in [1.807, 2.05) is 72.7 Å². The van der Waals surface area contributed by atoms with Crippen LogP contribution in [0.2, 0.25) is 0 Å². The number of nitrogens with zero attached hydrogens (tertiary/aromatic N) is 3. The highest BCUT2D eigenvalue weighted by Crippen LogP contribution is 2.38. The van der Waals surface area contributed by atoms with E-state index in [0.717, 1.165) is 17.1 Å². The maximum Gasteiger partial charge on any atom is 0.244 e. The van der Waals surface area contributed by atoms with Gasteiger partial charge in [0.15, 0.2) is 5.11 Å². The standard InChI is InChI=1S/C21H21N5OS/c1-25-13-7-11-17(25)20-19(16-10-5-6-12-22-16)24-21(28)26(20)14-18(27)23-15-8-3-2-4-9-15/h2-13,19-20H,14H2,1H3,(H,23,27)(H,24,28)/t19-,20+/m1/s1. The Morgan fingerprint density at radius 3 is 2.61 bits per heavy atom. The molecule has 2 N–H and O–H groups in total. The summed E-state index contributed by atoms with van der Waals surface area (Å²) in [5, 5.41) is 6.84. The fraction of sp³-hybridized carbons (Fsp3) is 0.190. The van der Waals surface area contributed by atoms with Crippen LogP contribution in [0, 0.1) is 0 Å². The van der Waals surface area contributed by atoms with Gasteiger partial charge in [-0.3, -0.25) is 9.78 Å². The molecule has 0 bridgehead atoms. The zero-order valence-corrected chi connectivity index (χ0v) is 16.3. The van der Waals surface area contributed by atoms with Crippen LogP contribution in [-0.2, 0) is 11.8 Å². The maximum atomic E-state index is 12.7. The van der Waals surface area contributed by atoms with Gasteiger partial charge in [-0.25, -0.2) is 0 Å². The molecule has 1 aliphatic rings. The first kappa shape index (κ1) is 18.2. The molecule has 1 amide bonds. The highest BCUT2D eigenvalue weighted by molar-refractivity contribution is 7.80. The van der Waals surface area contributed by atoms with E-state index in [-0.39, 0.29) is 24.5 Å². The molecular weight excluding hydrogens is 370 g/mol. The number of amides is 1. The van der Waals surface area contributed by atoms with Crippen molar-refractivity contribution in [1.82, 2.24) is 19.8 Å².